The third kappa shape index (κ3) is 2.57. The molecule has 5 heterocycles. The summed E-state index contributed by atoms with van der Waals surface area (Å²) in [6, 6.07) is 47.5. The van der Waals surface area contributed by atoms with Crippen molar-refractivity contribution in [2.75, 3.05) is 0 Å². The highest BCUT2D eigenvalue weighted by atomic mass is 15.0. The Kier molecular flexibility index (Phi) is 4.01. The summed E-state index contributed by atoms with van der Waals surface area (Å²) in [6.07, 6.45) is 0. The standard InChI is InChI=1S/C42H24BN3/c1-23-38-31(30-20-24-10-2-3-11-25(24)21-34(30)44-23)22-37-39-42(38)46-36-19-7-5-13-27(36)29-15-9-17-33(41(29)46)43(39)32-16-8-14-28-26-12-4-6-18-35(26)45(37)40(28)32/h2-22H,1H3. The summed E-state index contributed by atoms with van der Waals surface area (Å²) in [7, 11) is 0. The molecule has 4 heteroatoms. The number of benzene rings is 7. The highest BCUT2D eigenvalue weighted by Crippen LogP contribution is 2.43. The van der Waals surface area contributed by atoms with E-state index in [0.29, 0.717) is 0 Å². The first-order chi connectivity index (χ1) is 22.8. The second-order valence-electron chi connectivity index (χ2n) is 13.1. The molecule has 0 saturated heterocycles. The van der Waals surface area contributed by atoms with E-state index in [1.807, 2.05) is 0 Å². The molecule has 3 aromatic heterocycles. The van der Waals surface area contributed by atoms with Crippen LogP contribution in [-0.4, -0.2) is 20.8 Å². The molecule has 0 radical (unpaired) electrons. The van der Waals surface area contributed by atoms with Gasteiger partial charge < -0.3 is 9.13 Å². The first-order valence-corrected chi connectivity index (χ1v) is 16.1. The summed E-state index contributed by atoms with van der Waals surface area (Å²) in [4.78, 5) is 5.35. The van der Waals surface area contributed by atoms with Crippen molar-refractivity contribution < 1.29 is 0 Å². The molecule has 0 saturated carbocycles. The van der Waals surface area contributed by atoms with Gasteiger partial charge in [0, 0.05) is 54.7 Å². The minimum Gasteiger partial charge on any atom is -0.310 e. The quantitative estimate of drug-likeness (QED) is 0.101. The van der Waals surface area contributed by atoms with Crippen molar-refractivity contribution in [1.29, 1.82) is 0 Å². The predicted octanol–water partition coefficient (Wildman–Crippen LogP) is 8.19. The highest BCUT2D eigenvalue weighted by molar-refractivity contribution is 7.00. The predicted molar refractivity (Wildman–Crippen MR) is 195 cm³/mol. The molecule has 0 amide bonds. The molecule has 0 bridgehead atoms. The number of fused-ring (bicyclic) bond motifs is 15. The van der Waals surface area contributed by atoms with Crippen molar-refractivity contribution in [2.24, 2.45) is 0 Å². The number of pyridine rings is 1. The van der Waals surface area contributed by atoms with Crippen molar-refractivity contribution >= 4 is 99.2 Å². The zero-order valence-corrected chi connectivity index (χ0v) is 25.0. The Morgan fingerprint density at radius 2 is 1.11 bits per heavy atom. The molecule has 0 fully saturated rings. The van der Waals surface area contributed by atoms with Crippen LogP contribution >= 0.6 is 0 Å². The molecular formula is C42H24BN3. The van der Waals surface area contributed by atoms with E-state index >= 15 is 0 Å². The number of rotatable bonds is 0. The number of nitrogens with zero attached hydrogens (tertiary/aromatic N) is 3. The second-order valence-corrected chi connectivity index (χ2v) is 13.1. The maximum absolute atomic E-state index is 5.35. The Balaban J connectivity index is 1.41. The number of hydrogen-bond donors (Lipinski definition) is 0. The molecule has 46 heavy (non-hydrogen) atoms. The average Bonchev–Trinajstić information content (AvgIpc) is 3.62. The van der Waals surface area contributed by atoms with Gasteiger partial charge in [0.2, 0.25) is 0 Å². The fourth-order valence-electron chi connectivity index (χ4n) is 9.24. The molecular weight excluding hydrogens is 557 g/mol. The van der Waals surface area contributed by atoms with E-state index in [2.05, 4.69) is 143 Å². The van der Waals surface area contributed by atoms with Crippen LogP contribution < -0.4 is 16.4 Å². The fourth-order valence-corrected chi connectivity index (χ4v) is 9.24. The van der Waals surface area contributed by atoms with Crippen molar-refractivity contribution in [3.63, 3.8) is 0 Å². The van der Waals surface area contributed by atoms with Crippen molar-refractivity contribution in [3.8, 4) is 11.4 Å². The summed E-state index contributed by atoms with van der Waals surface area (Å²) >= 11 is 0. The Bertz CT molecular complexity index is 3050. The Labute approximate surface area is 264 Å². The van der Waals surface area contributed by atoms with Crippen LogP contribution in [0.1, 0.15) is 5.69 Å². The average molecular weight is 581 g/mol. The number of aryl methyl sites for hydroxylation is 1. The van der Waals surface area contributed by atoms with Crippen LogP contribution in [0, 0.1) is 6.92 Å². The summed E-state index contributed by atoms with van der Waals surface area (Å²) in [5, 5.41) is 11.4. The monoisotopic (exact) mass is 581 g/mol. The number of aromatic nitrogens is 3. The van der Waals surface area contributed by atoms with Gasteiger partial charge in [-0.2, -0.15) is 0 Å². The van der Waals surface area contributed by atoms with Crippen LogP contribution in [0.15, 0.2) is 127 Å². The molecule has 0 atom stereocenters. The van der Waals surface area contributed by atoms with Crippen molar-refractivity contribution in [2.45, 2.75) is 6.92 Å². The van der Waals surface area contributed by atoms with Gasteiger partial charge in [-0.05, 0) is 69.8 Å². The summed E-state index contributed by atoms with van der Waals surface area (Å²) < 4.78 is 5.14. The third-order valence-electron chi connectivity index (χ3n) is 10.9. The lowest BCUT2D eigenvalue weighted by Gasteiger charge is -2.35. The van der Waals surface area contributed by atoms with Crippen LogP contribution in [0.2, 0.25) is 0 Å². The lowest BCUT2D eigenvalue weighted by molar-refractivity contribution is 1.15. The van der Waals surface area contributed by atoms with Crippen LogP contribution in [0.5, 0.6) is 0 Å². The van der Waals surface area contributed by atoms with E-state index in [4.69, 9.17) is 4.98 Å². The third-order valence-corrected chi connectivity index (χ3v) is 10.9. The molecule has 0 unspecified atom stereocenters. The van der Waals surface area contributed by atoms with Gasteiger partial charge in [-0.15, -0.1) is 0 Å². The maximum Gasteiger partial charge on any atom is 0.252 e. The molecule has 0 N–H and O–H groups in total. The van der Waals surface area contributed by atoms with Crippen molar-refractivity contribution in [1.82, 2.24) is 14.1 Å². The van der Waals surface area contributed by atoms with Gasteiger partial charge in [0.15, 0.2) is 0 Å². The minimum absolute atomic E-state index is 0.113. The van der Waals surface area contributed by atoms with Gasteiger partial charge in [-0.3, -0.25) is 4.98 Å². The Morgan fingerprint density at radius 3 is 1.83 bits per heavy atom. The van der Waals surface area contributed by atoms with E-state index in [9.17, 15) is 0 Å². The molecule has 210 valence electrons. The number of para-hydroxylation sites is 4. The van der Waals surface area contributed by atoms with Crippen LogP contribution in [0.3, 0.4) is 0 Å². The molecule has 3 nitrogen and oxygen atoms in total. The zero-order valence-electron chi connectivity index (χ0n) is 25.0. The Hall–Kier alpha value is -5.87. The Morgan fingerprint density at radius 1 is 0.522 bits per heavy atom. The fraction of sp³-hybridized carbons (Fsp3) is 0.0238. The normalized spacial score (nSPS) is 13.3. The van der Waals surface area contributed by atoms with E-state index in [0.717, 1.165) is 11.2 Å². The minimum atomic E-state index is 0.113. The van der Waals surface area contributed by atoms with E-state index in [-0.39, 0.29) is 6.71 Å². The smallest absolute Gasteiger partial charge is 0.252 e. The van der Waals surface area contributed by atoms with E-state index in [1.165, 1.54) is 98.3 Å². The lowest BCUT2D eigenvalue weighted by Crippen LogP contribution is -2.59. The molecule has 0 spiro atoms. The molecule has 12 rings (SSSR count). The maximum atomic E-state index is 5.35. The zero-order chi connectivity index (χ0) is 29.8. The first kappa shape index (κ1) is 23.5. The molecule has 7 aromatic carbocycles. The summed E-state index contributed by atoms with van der Waals surface area (Å²) in [6.45, 7) is 2.32. The SMILES string of the molecule is Cc1nc2cc3ccccc3cc2c2cc3c4c(c12)-n1c2ccccc2c2cccc(c21)B4c1cccc2c4ccccc4n-3c12. The van der Waals surface area contributed by atoms with Crippen LogP contribution in [0.4, 0.5) is 0 Å². The number of hydrogen-bond acceptors (Lipinski definition) is 1. The summed E-state index contributed by atoms with van der Waals surface area (Å²) in [5.41, 5.74) is 14.0. The van der Waals surface area contributed by atoms with Gasteiger partial charge >= 0.3 is 0 Å². The largest absolute Gasteiger partial charge is 0.310 e. The van der Waals surface area contributed by atoms with Gasteiger partial charge in [0.25, 0.3) is 6.71 Å². The molecule has 2 aliphatic rings. The topological polar surface area (TPSA) is 22.8 Å². The summed E-state index contributed by atoms with van der Waals surface area (Å²) in [5.74, 6) is 0. The van der Waals surface area contributed by atoms with E-state index < -0.39 is 0 Å². The van der Waals surface area contributed by atoms with Crippen molar-refractivity contribution in [3.05, 3.63) is 133 Å². The van der Waals surface area contributed by atoms with E-state index in [1.54, 1.807) is 0 Å². The van der Waals surface area contributed by atoms with Gasteiger partial charge in [-0.25, -0.2) is 0 Å². The molecule has 10 aromatic rings. The lowest BCUT2D eigenvalue weighted by atomic mass is 9.34. The first-order valence-electron chi connectivity index (χ1n) is 16.1. The molecule has 2 aliphatic heterocycles. The molecule has 0 aliphatic carbocycles. The van der Waals surface area contributed by atoms with Crippen LogP contribution in [0.25, 0.3) is 87.4 Å². The highest BCUT2D eigenvalue weighted by Gasteiger charge is 2.41. The second kappa shape index (κ2) is 7.85. The van der Waals surface area contributed by atoms with Crippen LogP contribution in [-0.2, 0) is 0 Å². The van der Waals surface area contributed by atoms with Gasteiger partial charge in [0.1, 0.15) is 0 Å². The van der Waals surface area contributed by atoms with Gasteiger partial charge in [0.05, 0.1) is 22.2 Å². The van der Waals surface area contributed by atoms with Gasteiger partial charge in [-0.1, -0.05) is 97.1 Å².